The molecule has 0 bridgehead atoms. The summed E-state index contributed by atoms with van der Waals surface area (Å²) in [6.45, 7) is -0.221. The van der Waals surface area contributed by atoms with Gasteiger partial charge in [0.1, 0.15) is 18.5 Å². The molecule has 4 nitrogen and oxygen atoms in total. The van der Waals surface area contributed by atoms with Gasteiger partial charge < -0.3 is 15.2 Å². The lowest BCUT2D eigenvalue weighted by Gasteiger charge is -2.14. The number of carbonyl (C=O) groups excluding carboxylic acids is 1. The zero-order chi connectivity index (χ0) is 19.2. The quantitative estimate of drug-likeness (QED) is 0.765. The van der Waals surface area contributed by atoms with Crippen molar-refractivity contribution >= 4 is 17.5 Å². The molecule has 140 valence electrons. The molecule has 1 unspecified atom stereocenters. The Morgan fingerprint density at radius 1 is 1.15 bits per heavy atom. The van der Waals surface area contributed by atoms with E-state index < -0.39 is 17.8 Å². The summed E-state index contributed by atoms with van der Waals surface area (Å²) < 4.78 is 42.6. The summed E-state index contributed by atoms with van der Waals surface area (Å²) in [5.74, 6) is -0.119. The molecule has 0 fully saturated rings. The third-order valence-electron chi connectivity index (χ3n) is 3.47. The Morgan fingerprint density at radius 3 is 2.42 bits per heavy atom. The van der Waals surface area contributed by atoms with E-state index in [2.05, 4.69) is 5.32 Å². The SMILES string of the molecule is O=C(Cc1ccccc1Cl)NCC(O)COc1ccc(C(F)(F)F)cc1. The van der Waals surface area contributed by atoms with Gasteiger partial charge in [-0.1, -0.05) is 29.8 Å². The van der Waals surface area contributed by atoms with E-state index in [1.165, 1.54) is 12.1 Å². The van der Waals surface area contributed by atoms with Crippen LogP contribution in [0.15, 0.2) is 48.5 Å². The number of alkyl halides is 3. The molecule has 0 aliphatic rings. The molecule has 2 rings (SSSR count). The molecule has 2 aromatic carbocycles. The van der Waals surface area contributed by atoms with E-state index in [9.17, 15) is 23.1 Å². The maximum atomic E-state index is 12.5. The van der Waals surface area contributed by atoms with Crippen LogP contribution in [0.25, 0.3) is 0 Å². The monoisotopic (exact) mass is 387 g/mol. The van der Waals surface area contributed by atoms with Crippen LogP contribution in [-0.2, 0) is 17.4 Å². The van der Waals surface area contributed by atoms with Gasteiger partial charge in [0.25, 0.3) is 0 Å². The van der Waals surface area contributed by atoms with E-state index in [1.54, 1.807) is 24.3 Å². The highest BCUT2D eigenvalue weighted by molar-refractivity contribution is 6.31. The lowest BCUT2D eigenvalue weighted by Crippen LogP contribution is -2.36. The van der Waals surface area contributed by atoms with Crippen molar-refractivity contribution in [3.63, 3.8) is 0 Å². The number of amides is 1. The van der Waals surface area contributed by atoms with Gasteiger partial charge in [-0.25, -0.2) is 0 Å². The van der Waals surface area contributed by atoms with Crippen molar-refractivity contribution in [2.24, 2.45) is 0 Å². The minimum absolute atomic E-state index is 0.0517. The highest BCUT2D eigenvalue weighted by atomic mass is 35.5. The van der Waals surface area contributed by atoms with Crippen molar-refractivity contribution in [1.29, 1.82) is 0 Å². The van der Waals surface area contributed by atoms with Gasteiger partial charge in [-0.05, 0) is 35.9 Å². The van der Waals surface area contributed by atoms with E-state index in [1.807, 2.05) is 0 Å². The van der Waals surface area contributed by atoms with Gasteiger partial charge in [-0.2, -0.15) is 13.2 Å². The minimum Gasteiger partial charge on any atom is -0.491 e. The normalized spacial score (nSPS) is 12.5. The number of ether oxygens (including phenoxy) is 1. The van der Waals surface area contributed by atoms with Gasteiger partial charge in [-0.3, -0.25) is 4.79 Å². The van der Waals surface area contributed by atoms with Crippen LogP contribution in [0.5, 0.6) is 5.75 Å². The fraction of sp³-hybridized carbons (Fsp3) is 0.278. The number of carbonyl (C=O) groups is 1. The van der Waals surface area contributed by atoms with Crippen LogP contribution in [0.4, 0.5) is 13.2 Å². The second-order valence-electron chi connectivity index (χ2n) is 5.56. The number of benzene rings is 2. The largest absolute Gasteiger partial charge is 0.491 e. The second-order valence-corrected chi connectivity index (χ2v) is 5.97. The number of hydrogen-bond acceptors (Lipinski definition) is 3. The van der Waals surface area contributed by atoms with Crippen LogP contribution in [-0.4, -0.2) is 30.3 Å². The molecule has 0 saturated carbocycles. The maximum Gasteiger partial charge on any atom is 0.416 e. The molecule has 2 N–H and O–H groups in total. The van der Waals surface area contributed by atoms with Gasteiger partial charge in [0.15, 0.2) is 0 Å². The third-order valence-corrected chi connectivity index (χ3v) is 3.84. The van der Waals surface area contributed by atoms with E-state index in [-0.39, 0.29) is 31.2 Å². The molecule has 0 aliphatic heterocycles. The molecule has 0 aliphatic carbocycles. The molecule has 1 amide bonds. The molecule has 8 heteroatoms. The Hall–Kier alpha value is -2.25. The fourth-order valence-corrected chi connectivity index (χ4v) is 2.30. The van der Waals surface area contributed by atoms with Crippen LogP contribution >= 0.6 is 11.6 Å². The first-order chi connectivity index (χ1) is 12.3. The average molecular weight is 388 g/mol. The van der Waals surface area contributed by atoms with Crippen molar-refractivity contribution < 1.29 is 27.8 Å². The van der Waals surface area contributed by atoms with Crippen molar-refractivity contribution in [1.82, 2.24) is 5.32 Å². The van der Waals surface area contributed by atoms with Crippen LogP contribution in [0.1, 0.15) is 11.1 Å². The molecule has 0 radical (unpaired) electrons. The van der Waals surface area contributed by atoms with Crippen molar-refractivity contribution in [3.8, 4) is 5.75 Å². The van der Waals surface area contributed by atoms with Crippen LogP contribution in [0.3, 0.4) is 0 Å². The van der Waals surface area contributed by atoms with E-state index in [0.717, 1.165) is 12.1 Å². The molecule has 2 aromatic rings. The predicted octanol–water partition coefficient (Wildman–Crippen LogP) is 3.46. The Morgan fingerprint density at radius 2 is 1.81 bits per heavy atom. The van der Waals surface area contributed by atoms with E-state index in [4.69, 9.17) is 16.3 Å². The smallest absolute Gasteiger partial charge is 0.416 e. The lowest BCUT2D eigenvalue weighted by molar-refractivity contribution is -0.137. The van der Waals surface area contributed by atoms with Crippen LogP contribution in [0, 0.1) is 0 Å². The van der Waals surface area contributed by atoms with Gasteiger partial charge in [-0.15, -0.1) is 0 Å². The van der Waals surface area contributed by atoms with Crippen LogP contribution < -0.4 is 10.1 Å². The number of hydrogen-bond donors (Lipinski definition) is 2. The lowest BCUT2D eigenvalue weighted by atomic mass is 10.1. The average Bonchev–Trinajstić information content (AvgIpc) is 2.60. The number of halogens is 4. The molecule has 0 aromatic heterocycles. The summed E-state index contributed by atoms with van der Waals surface area (Å²) in [4.78, 5) is 11.8. The van der Waals surface area contributed by atoms with Gasteiger partial charge in [0.05, 0.1) is 12.0 Å². The summed E-state index contributed by atoms with van der Waals surface area (Å²) in [5.41, 5.74) is -0.112. The summed E-state index contributed by atoms with van der Waals surface area (Å²) in [6.07, 6.45) is -5.34. The first kappa shape index (κ1) is 20.1. The Balaban J connectivity index is 1.74. The Labute approximate surface area is 153 Å². The zero-order valence-electron chi connectivity index (χ0n) is 13.6. The summed E-state index contributed by atoms with van der Waals surface area (Å²) in [7, 11) is 0. The van der Waals surface area contributed by atoms with Crippen LogP contribution in [0.2, 0.25) is 5.02 Å². The van der Waals surface area contributed by atoms with Gasteiger partial charge in [0.2, 0.25) is 5.91 Å². The zero-order valence-corrected chi connectivity index (χ0v) is 14.3. The summed E-state index contributed by atoms with van der Waals surface area (Å²) in [6, 6.07) is 11.1. The summed E-state index contributed by atoms with van der Waals surface area (Å²) >= 11 is 5.97. The topological polar surface area (TPSA) is 58.6 Å². The third kappa shape index (κ3) is 6.24. The number of rotatable bonds is 7. The molecule has 26 heavy (non-hydrogen) atoms. The minimum atomic E-state index is -4.41. The number of nitrogens with one attached hydrogen (secondary N) is 1. The van der Waals surface area contributed by atoms with Gasteiger partial charge in [0, 0.05) is 11.6 Å². The van der Waals surface area contributed by atoms with E-state index in [0.29, 0.717) is 10.6 Å². The van der Waals surface area contributed by atoms with Crippen molar-refractivity contribution in [2.45, 2.75) is 18.7 Å². The highest BCUT2D eigenvalue weighted by Crippen LogP contribution is 2.30. The Kier molecular flexibility index (Phi) is 6.88. The Bertz CT molecular complexity index is 735. The number of aliphatic hydroxyl groups is 1. The number of aliphatic hydroxyl groups excluding tert-OH is 1. The van der Waals surface area contributed by atoms with Gasteiger partial charge >= 0.3 is 6.18 Å². The molecular formula is C18H17ClF3NO3. The second kappa shape index (κ2) is 8.91. The molecule has 1 atom stereocenters. The fourth-order valence-electron chi connectivity index (χ4n) is 2.10. The first-order valence-corrected chi connectivity index (χ1v) is 8.11. The molecule has 0 spiro atoms. The van der Waals surface area contributed by atoms with Crippen molar-refractivity contribution in [2.75, 3.05) is 13.2 Å². The highest BCUT2D eigenvalue weighted by Gasteiger charge is 2.30. The molecule has 0 heterocycles. The van der Waals surface area contributed by atoms with Crippen molar-refractivity contribution in [3.05, 3.63) is 64.7 Å². The molecular weight excluding hydrogens is 371 g/mol. The predicted molar refractivity (Wildman–Crippen MR) is 91.1 cm³/mol. The van der Waals surface area contributed by atoms with E-state index >= 15 is 0 Å². The summed E-state index contributed by atoms with van der Waals surface area (Å²) in [5, 5.41) is 12.8. The standard InChI is InChI=1S/C18H17ClF3NO3/c19-16-4-2-1-3-12(16)9-17(25)23-10-14(24)11-26-15-7-5-13(6-8-15)18(20,21)22/h1-8,14,24H,9-11H2,(H,23,25). The first-order valence-electron chi connectivity index (χ1n) is 7.74. The molecule has 0 saturated heterocycles. The maximum absolute atomic E-state index is 12.5.